The molecule has 0 spiro atoms. The summed E-state index contributed by atoms with van der Waals surface area (Å²) in [4.78, 5) is 32.5. The van der Waals surface area contributed by atoms with Gasteiger partial charge < -0.3 is 18.8 Å². The molecule has 312 valence electrons. The summed E-state index contributed by atoms with van der Waals surface area (Å²) in [6, 6.07) is 7.99. The first-order valence-corrected chi connectivity index (χ1v) is 18.9. The second-order valence-electron chi connectivity index (χ2n) is 15.3. The zero-order valence-electron chi connectivity index (χ0n) is 33.0. The molecule has 4 bridgehead atoms. The van der Waals surface area contributed by atoms with Crippen molar-refractivity contribution in [1.29, 1.82) is 0 Å². The Morgan fingerprint density at radius 2 is 1.76 bits per heavy atom. The number of anilines is 1. The molecule has 3 aromatic rings. The molecule has 1 fully saturated rings. The van der Waals surface area contributed by atoms with Gasteiger partial charge in [-0.3, -0.25) is 10.1 Å². The predicted octanol–water partition coefficient (Wildman–Crippen LogP) is 10.8. The van der Waals surface area contributed by atoms with Crippen LogP contribution in [0.15, 0.2) is 83.4 Å². The molecule has 1 aliphatic heterocycles. The summed E-state index contributed by atoms with van der Waals surface area (Å²) >= 11 is 0. The summed E-state index contributed by atoms with van der Waals surface area (Å²) in [5.41, 5.74) is -6.30. The average molecular weight is 816 g/mol. The number of hydrogen-bond donors (Lipinski definition) is 1. The van der Waals surface area contributed by atoms with E-state index in [1.165, 1.54) is 51.2 Å². The first kappa shape index (κ1) is 43.9. The van der Waals surface area contributed by atoms with Gasteiger partial charge >= 0.3 is 18.4 Å². The molecule has 2 amide bonds. The van der Waals surface area contributed by atoms with Gasteiger partial charge in [0.2, 0.25) is 5.60 Å². The third-order valence-electron chi connectivity index (χ3n) is 10.1. The average Bonchev–Trinajstić information content (AvgIpc) is 3.61. The van der Waals surface area contributed by atoms with Crippen molar-refractivity contribution in [3.63, 3.8) is 0 Å². The molecule has 5 rings (SSSR count). The SMILES string of the molecule is C=C/C=C(\C=C/C)COC1(C(F)(F)F)C/C=C/CCN(Cc2ccc(C3(CC)CCC3)cc2)C(=O)c2nc(c(NC(=O)OC(C)(C)C)cc2C(F)(F)F)-c2nnc1o2. The fourth-order valence-electron chi connectivity index (χ4n) is 6.93. The van der Waals surface area contributed by atoms with Crippen LogP contribution in [0.3, 0.4) is 0 Å². The molecule has 1 unspecified atom stereocenters. The van der Waals surface area contributed by atoms with Gasteiger partial charge in [0.15, 0.2) is 5.69 Å². The molecular formula is C42H47F6N5O5. The van der Waals surface area contributed by atoms with Crippen molar-refractivity contribution in [2.24, 2.45) is 0 Å². The summed E-state index contributed by atoms with van der Waals surface area (Å²) in [5.74, 6) is -3.06. The van der Waals surface area contributed by atoms with Crippen LogP contribution in [0.5, 0.6) is 0 Å². The maximum atomic E-state index is 15.4. The number of carbonyl (C=O) groups is 2. The Balaban J connectivity index is 1.69. The van der Waals surface area contributed by atoms with Crippen LogP contribution in [-0.2, 0) is 33.2 Å². The highest BCUT2D eigenvalue weighted by atomic mass is 19.4. The number of benzene rings is 1. The number of nitrogens with one attached hydrogen (secondary N) is 1. The lowest BCUT2D eigenvalue weighted by Crippen LogP contribution is -2.45. The van der Waals surface area contributed by atoms with Crippen molar-refractivity contribution in [3.05, 3.63) is 107 Å². The zero-order valence-corrected chi connectivity index (χ0v) is 33.0. The molecule has 0 saturated heterocycles. The molecule has 16 heteroatoms. The van der Waals surface area contributed by atoms with E-state index in [1.54, 1.807) is 13.0 Å². The van der Waals surface area contributed by atoms with E-state index >= 15 is 13.2 Å². The van der Waals surface area contributed by atoms with E-state index in [1.807, 2.05) is 24.3 Å². The molecular weight excluding hydrogens is 768 g/mol. The van der Waals surface area contributed by atoms with Crippen molar-refractivity contribution in [1.82, 2.24) is 20.1 Å². The third kappa shape index (κ3) is 9.71. The Morgan fingerprint density at radius 1 is 1.05 bits per heavy atom. The van der Waals surface area contributed by atoms with Gasteiger partial charge in [0.1, 0.15) is 11.3 Å². The number of amides is 2. The molecule has 1 saturated carbocycles. The second kappa shape index (κ2) is 17.3. The standard InChI is InChI=1S/C42H47F6N5O5/c1-7-14-28(15-8-2)26-56-40(42(46,47)48)22-11-10-12-23-53(25-27-16-18-29(19-17-27)39(9-3)20-13-21-39)35(54)32-30(41(43,44)45)24-31(49-37(55)58-38(4,5)6)33(50-32)34-51-52-36(40)57-34/h7-8,10-11,14-19,24H,1,9,12-13,20-23,25-26H2,2-6H3,(H,49,55)/b11-10+,15-8-,28-14+. The molecule has 3 heterocycles. The van der Waals surface area contributed by atoms with Crippen molar-refractivity contribution >= 4 is 17.7 Å². The molecule has 58 heavy (non-hydrogen) atoms. The highest BCUT2D eigenvalue weighted by molar-refractivity contribution is 5.97. The number of hydrogen-bond acceptors (Lipinski definition) is 8. The van der Waals surface area contributed by atoms with Crippen LogP contribution >= 0.6 is 0 Å². The van der Waals surface area contributed by atoms with Gasteiger partial charge in [-0.05, 0) is 81.6 Å². The summed E-state index contributed by atoms with van der Waals surface area (Å²) in [5, 5.41) is 9.61. The number of alkyl halides is 6. The molecule has 1 aliphatic carbocycles. The van der Waals surface area contributed by atoms with Crippen molar-refractivity contribution in [3.8, 4) is 11.6 Å². The minimum absolute atomic E-state index is 0.0565. The fraction of sp³-hybridized carbons (Fsp3) is 0.452. The summed E-state index contributed by atoms with van der Waals surface area (Å²) in [7, 11) is 0. The molecule has 10 nitrogen and oxygen atoms in total. The Morgan fingerprint density at radius 3 is 2.33 bits per heavy atom. The topological polar surface area (TPSA) is 120 Å². The van der Waals surface area contributed by atoms with E-state index in [0.29, 0.717) is 17.2 Å². The van der Waals surface area contributed by atoms with Crippen molar-refractivity contribution in [2.45, 2.75) is 109 Å². The fourth-order valence-corrected chi connectivity index (χ4v) is 6.93. The maximum Gasteiger partial charge on any atom is 0.426 e. The van der Waals surface area contributed by atoms with Gasteiger partial charge in [0.25, 0.3) is 17.7 Å². The van der Waals surface area contributed by atoms with Gasteiger partial charge in [-0.15, -0.1) is 10.2 Å². The smallest absolute Gasteiger partial charge is 0.426 e. The number of ether oxygens (including phenoxy) is 2. The van der Waals surface area contributed by atoms with Crippen LogP contribution in [-0.4, -0.2) is 57.0 Å². The van der Waals surface area contributed by atoms with E-state index in [2.05, 4.69) is 34.0 Å². The Labute approximate surface area is 333 Å². The molecule has 1 aromatic carbocycles. The van der Waals surface area contributed by atoms with E-state index in [0.717, 1.165) is 36.1 Å². The normalized spacial score (nSPS) is 19.7. The number of rotatable bonds is 10. The first-order valence-electron chi connectivity index (χ1n) is 18.9. The first-order chi connectivity index (χ1) is 27.3. The van der Waals surface area contributed by atoms with Crippen LogP contribution in [0.2, 0.25) is 0 Å². The minimum Gasteiger partial charge on any atom is -0.444 e. The van der Waals surface area contributed by atoms with E-state index in [-0.39, 0.29) is 24.9 Å². The Hall–Kier alpha value is -5.25. The largest absolute Gasteiger partial charge is 0.444 e. The van der Waals surface area contributed by atoms with E-state index in [9.17, 15) is 22.8 Å². The summed E-state index contributed by atoms with van der Waals surface area (Å²) in [6.45, 7) is 11.0. The summed E-state index contributed by atoms with van der Waals surface area (Å²) in [6.07, 6.45) is 0.130. The van der Waals surface area contributed by atoms with Gasteiger partial charge in [-0.2, -0.15) is 26.3 Å². The maximum absolute atomic E-state index is 15.4. The molecule has 0 radical (unpaired) electrons. The summed E-state index contributed by atoms with van der Waals surface area (Å²) < 4.78 is 107. The molecule has 1 atom stereocenters. The van der Waals surface area contributed by atoms with Crippen LogP contribution in [0.4, 0.5) is 36.8 Å². The monoisotopic (exact) mass is 815 g/mol. The number of pyridine rings is 1. The van der Waals surface area contributed by atoms with Crippen LogP contribution in [0.25, 0.3) is 11.6 Å². The van der Waals surface area contributed by atoms with Crippen LogP contribution < -0.4 is 5.32 Å². The highest BCUT2D eigenvalue weighted by Crippen LogP contribution is 2.48. The van der Waals surface area contributed by atoms with E-state index < -0.39 is 83.0 Å². The lowest BCUT2D eigenvalue weighted by molar-refractivity contribution is -0.289. The van der Waals surface area contributed by atoms with Gasteiger partial charge in [-0.25, -0.2) is 9.78 Å². The van der Waals surface area contributed by atoms with Crippen molar-refractivity contribution in [2.75, 3.05) is 18.5 Å². The Bertz CT molecular complexity index is 2050. The molecule has 2 aromatic heterocycles. The van der Waals surface area contributed by atoms with Gasteiger partial charge in [-0.1, -0.05) is 80.6 Å². The number of aromatic nitrogens is 3. The van der Waals surface area contributed by atoms with Gasteiger partial charge in [0.05, 0.1) is 17.9 Å². The predicted molar refractivity (Wildman–Crippen MR) is 205 cm³/mol. The van der Waals surface area contributed by atoms with Crippen molar-refractivity contribution < 1.29 is 49.8 Å². The third-order valence-corrected chi connectivity index (χ3v) is 10.1. The van der Waals surface area contributed by atoms with Crippen LogP contribution in [0.1, 0.15) is 106 Å². The number of allylic oxidation sites excluding steroid dienone is 3. The number of carbonyl (C=O) groups excluding carboxylic acids is 2. The number of nitrogens with zero attached hydrogens (tertiary/aromatic N) is 4. The van der Waals surface area contributed by atoms with E-state index in [4.69, 9.17) is 13.9 Å². The Kier molecular flexibility index (Phi) is 13.1. The highest BCUT2D eigenvalue weighted by Gasteiger charge is 2.61. The molecule has 2 aliphatic rings. The second-order valence-corrected chi connectivity index (χ2v) is 15.3. The number of fused-ring (bicyclic) bond motifs is 5. The quantitative estimate of drug-likeness (QED) is 0.122. The lowest BCUT2D eigenvalue weighted by atomic mass is 9.63. The van der Waals surface area contributed by atoms with Gasteiger partial charge in [0, 0.05) is 19.5 Å². The number of halogens is 6. The molecule has 1 N–H and O–H groups in total. The van der Waals surface area contributed by atoms with Crippen LogP contribution in [0, 0.1) is 0 Å². The lowest BCUT2D eigenvalue weighted by Gasteiger charge is -2.42. The minimum atomic E-state index is -5.19. The zero-order chi connectivity index (χ0) is 42.5.